The van der Waals surface area contributed by atoms with Crippen LogP contribution in [-0.2, 0) is 9.59 Å². The van der Waals surface area contributed by atoms with Crippen molar-refractivity contribution in [3.8, 4) is 0 Å². The molecule has 0 aromatic rings. The van der Waals surface area contributed by atoms with Gasteiger partial charge in [0.15, 0.2) is 0 Å². The van der Waals surface area contributed by atoms with Crippen LogP contribution in [0.2, 0.25) is 0 Å². The van der Waals surface area contributed by atoms with Gasteiger partial charge in [0.1, 0.15) is 11.6 Å². The van der Waals surface area contributed by atoms with Crippen LogP contribution < -0.4 is 5.32 Å². The lowest BCUT2D eigenvalue weighted by atomic mass is 9.85. The van der Waals surface area contributed by atoms with E-state index < -0.39 is 5.54 Å². The number of piperazine rings is 1. The topological polar surface area (TPSA) is 49.4 Å². The van der Waals surface area contributed by atoms with E-state index in [0.717, 1.165) is 0 Å². The number of hydrogen-bond donors (Lipinski definition) is 1. The Kier molecular flexibility index (Phi) is 3.53. The summed E-state index contributed by atoms with van der Waals surface area (Å²) in [5.74, 6) is 1.62. The standard InChI is InChI=1S/C17H28N2O2/c1-5-17(4)16(21)19(13(10(2)3)15(20)18-17)14(11-6-7-11)12-8-9-12/h10-14H,5-9H2,1-4H3,(H,18,20). The summed E-state index contributed by atoms with van der Waals surface area (Å²) in [6, 6.07) is 0.0187. The summed E-state index contributed by atoms with van der Waals surface area (Å²) in [5, 5.41) is 3.00. The fraction of sp³-hybridized carbons (Fsp3) is 0.882. The van der Waals surface area contributed by atoms with Gasteiger partial charge in [0, 0.05) is 6.04 Å². The van der Waals surface area contributed by atoms with Crippen molar-refractivity contribution in [3.63, 3.8) is 0 Å². The van der Waals surface area contributed by atoms with E-state index in [4.69, 9.17) is 0 Å². The molecule has 4 heteroatoms. The van der Waals surface area contributed by atoms with Gasteiger partial charge < -0.3 is 10.2 Å². The fourth-order valence-electron chi connectivity index (χ4n) is 3.84. The van der Waals surface area contributed by atoms with Crippen LogP contribution in [0.5, 0.6) is 0 Å². The first kappa shape index (κ1) is 14.9. The monoisotopic (exact) mass is 292 g/mol. The average Bonchev–Trinajstić information content (AvgIpc) is 3.28. The molecule has 0 aromatic heterocycles. The quantitative estimate of drug-likeness (QED) is 0.845. The second kappa shape index (κ2) is 4.99. The Morgan fingerprint density at radius 2 is 1.71 bits per heavy atom. The number of rotatable bonds is 5. The second-order valence-corrected chi connectivity index (χ2v) is 7.74. The first-order valence-electron chi connectivity index (χ1n) is 8.54. The minimum absolute atomic E-state index is 0.0419. The molecular formula is C17H28N2O2. The van der Waals surface area contributed by atoms with Crippen LogP contribution in [0, 0.1) is 17.8 Å². The van der Waals surface area contributed by atoms with Gasteiger partial charge in [-0.05, 0) is 56.8 Å². The molecule has 3 fully saturated rings. The molecule has 1 N–H and O–H groups in total. The summed E-state index contributed by atoms with van der Waals surface area (Å²) < 4.78 is 0. The maximum Gasteiger partial charge on any atom is 0.248 e. The molecule has 0 aromatic carbocycles. The zero-order chi connectivity index (χ0) is 15.4. The Bertz CT molecular complexity index is 442. The molecule has 1 saturated heterocycles. The first-order chi connectivity index (χ1) is 9.89. The Morgan fingerprint density at radius 1 is 1.19 bits per heavy atom. The Balaban J connectivity index is 1.97. The summed E-state index contributed by atoms with van der Waals surface area (Å²) >= 11 is 0. The van der Waals surface area contributed by atoms with E-state index in [-0.39, 0.29) is 23.8 Å². The van der Waals surface area contributed by atoms with E-state index in [1.54, 1.807) is 0 Å². The lowest BCUT2D eigenvalue weighted by Gasteiger charge is -2.49. The third kappa shape index (κ3) is 2.47. The minimum atomic E-state index is -0.718. The van der Waals surface area contributed by atoms with Gasteiger partial charge in [-0.15, -0.1) is 0 Å². The lowest BCUT2D eigenvalue weighted by molar-refractivity contribution is -0.160. The Hall–Kier alpha value is -1.06. The van der Waals surface area contributed by atoms with E-state index in [0.29, 0.717) is 24.3 Å². The van der Waals surface area contributed by atoms with Gasteiger partial charge in [0.2, 0.25) is 11.8 Å². The zero-order valence-corrected chi connectivity index (χ0v) is 13.7. The molecule has 0 spiro atoms. The number of amides is 2. The summed E-state index contributed by atoms with van der Waals surface area (Å²) in [5.41, 5.74) is -0.718. The van der Waals surface area contributed by atoms with Gasteiger partial charge in [0.05, 0.1) is 0 Å². The first-order valence-corrected chi connectivity index (χ1v) is 8.54. The van der Waals surface area contributed by atoms with E-state index in [1.165, 1.54) is 25.7 Å². The van der Waals surface area contributed by atoms with Gasteiger partial charge in [-0.3, -0.25) is 9.59 Å². The van der Waals surface area contributed by atoms with Crippen molar-refractivity contribution in [2.75, 3.05) is 0 Å². The van der Waals surface area contributed by atoms with Crippen molar-refractivity contribution in [1.82, 2.24) is 10.2 Å². The molecule has 1 aliphatic heterocycles. The van der Waals surface area contributed by atoms with Crippen LogP contribution in [0.1, 0.15) is 59.8 Å². The molecule has 21 heavy (non-hydrogen) atoms. The molecule has 2 saturated carbocycles. The molecule has 2 aliphatic carbocycles. The zero-order valence-electron chi connectivity index (χ0n) is 13.7. The highest BCUT2D eigenvalue weighted by molar-refractivity contribution is 6.00. The van der Waals surface area contributed by atoms with Crippen molar-refractivity contribution in [3.05, 3.63) is 0 Å². The minimum Gasteiger partial charge on any atom is -0.340 e. The van der Waals surface area contributed by atoms with E-state index in [1.807, 2.05) is 18.7 Å². The van der Waals surface area contributed by atoms with Gasteiger partial charge >= 0.3 is 0 Å². The number of carbonyl (C=O) groups excluding carboxylic acids is 2. The molecule has 3 aliphatic rings. The van der Waals surface area contributed by atoms with Crippen LogP contribution in [0.4, 0.5) is 0 Å². The van der Waals surface area contributed by atoms with Crippen molar-refractivity contribution in [1.29, 1.82) is 0 Å². The third-order valence-corrected chi connectivity index (χ3v) is 5.54. The molecule has 1 heterocycles. The Labute approximate surface area is 127 Å². The number of nitrogens with zero attached hydrogens (tertiary/aromatic N) is 1. The Morgan fingerprint density at radius 3 is 2.10 bits per heavy atom. The van der Waals surface area contributed by atoms with E-state index in [2.05, 4.69) is 19.2 Å². The van der Waals surface area contributed by atoms with Crippen LogP contribution in [-0.4, -0.2) is 34.3 Å². The van der Waals surface area contributed by atoms with E-state index >= 15 is 0 Å². The van der Waals surface area contributed by atoms with Crippen LogP contribution in [0.3, 0.4) is 0 Å². The van der Waals surface area contributed by atoms with Gasteiger partial charge in [-0.1, -0.05) is 20.8 Å². The molecule has 2 atom stereocenters. The normalized spacial score (nSPS) is 33.8. The number of hydrogen-bond acceptors (Lipinski definition) is 2. The molecule has 0 radical (unpaired) electrons. The van der Waals surface area contributed by atoms with Gasteiger partial charge in [0.25, 0.3) is 0 Å². The third-order valence-electron chi connectivity index (χ3n) is 5.54. The highest BCUT2D eigenvalue weighted by Crippen LogP contribution is 2.49. The molecular weight excluding hydrogens is 264 g/mol. The summed E-state index contributed by atoms with van der Waals surface area (Å²) in [7, 11) is 0. The maximum absolute atomic E-state index is 13.2. The SMILES string of the molecule is CCC1(C)NC(=O)C(C(C)C)N(C(C2CC2)C2CC2)C1=O. The summed E-state index contributed by atoms with van der Waals surface area (Å²) in [6.07, 6.45) is 5.54. The summed E-state index contributed by atoms with van der Waals surface area (Å²) in [6.45, 7) is 7.97. The molecule has 4 nitrogen and oxygen atoms in total. The average molecular weight is 292 g/mol. The molecule has 2 amide bonds. The molecule has 118 valence electrons. The summed E-state index contributed by atoms with van der Waals surface area (Å²) in [4.78, 5) is 27.8. The molecule has 2 unspecified atom stereocenters. The number of nitrogens with one attached hydrogen (secondary N) is 1. The van der Waals surface area contributed by atoms with Crippen molar-refractivity contribution in [2.24, 2.45) is 17.8 Å². The highest BCUT2D eigenvalue weighted by atomic mass is 16.2. The highest BCUT2D eigenvalue weighted by Gasteiger charge is 2.55. The van der Waals surface area contributed by atoms with Crippen molar-refractivity contribution >= 4 is 11.8 Å². The predicted octanol–water partition coefficient (Wildman–Crippen LogP) is 2.33. The van der Waals surface area contributed by atoms with Crippen molar-refractivity contribution < 1.29 is 9.59 Å². The predicted molar refractivity (Wildman–Crippen MR) is 81.5 cm³/mol. The van der Waals surface area contributed by atoms with E-state index in [9.17, 15) is 9.59 Å². The van der Waals surface area contributed by atoms with Crippen molar-refractivity contribution in [2.45, 2.75) is 77.4 Å². The van der Waals surface area contributed by atoms with Gasteiger partial charge in [-0.2, -0.15) is 0 Å². The maximum atomic E-state index is 13.2. The molecule has 3 rings (SSSR count). The van der Waals surface area contributed by atoms with Gasteiger partial charge in [-0.25, -0.2) is 0 Å². The smallest absolute Gasteiger partial charge is 0.248 e. The van der Waals surface area contributed by atoms with Crippen LogP contribution in [0.25, 0.3) is 0 Å². The molecule has 0 bridgehead atoms. The second-order valence-electron chi connectivity index (χ2n) is 7.74. The van der Waals surface area contributed by atoms with Crippen LogP contribution in [0.15, 0.2) is 0 Å². The fourth-order valence-corrected chi connectivity index (χ4v) is 3.84. The van der Waals surface area contributed by atoms with Crippen LogP contribution >= 0.6 is 0 Å². The number of carbonyl (C=O) groups is 2. The largest absolute Gasteiger partial charge is 0.340 e. The lowest BCUT2D eigenvalue weighted by Crippen LogP contribution is -2.72.